The summed E-state index contributed by atoms with van der Waals surface area (Å²) in [5, 5.41) is 0.475. The first-order valence-electron chi connectivity index (χ1n) is 3.69. The van der Waals surface area contributed by atoms with E-state index in [1.807, 2.05) is 18.2 Å². The van der Waals surface area contributed by atoms with Crippen LogP contribution in [0, 0.1) is 0 Å². The van der Waals surface area contributed by atoms with Crippen LogP contribution in [0.5, 0.6) is 0 Å². The molecule has 0 aliphatic carbocycles. The van der Waals surface area contributed by atoms with Gasteiger partial charge in [0, 0.05) is 0 Å². The zero-order valence-electron chi connectivity index (χ0n) is 7.11. The summed E-state index contributed by atoms with van der Waals surface area (Å²) in [5.74, 6) is 0. The fourth-order valence-corrected chi connectivity index (χ4v) is 0.812. The first kappa shape index (κ1) is 11.9. The van der Waals surface area contributed by atoms with Crippen LogP contribution in [-0.2, 0) is 0 Å². The van der Waals surface area contributed by atoms with Gasteiger partial charge in [-0.1, -0.05) is 29.5 Å². The Morgan fingerprint density at radius 2 is 2.00 bits per heavy atom. The average Bonchev–Trinajstić information content (AvgIpc) is 2.06. The van der Waals surface area contributed by atoms with E-state index in [1.54, 1.807) is 12.1 Å². The molecular weight excluding hydrogens is 191 g/mol. The molecule has 2 nitrogen and oxygen atoms in total. The Morgan fingerprint density at radius 3 is 2.54 bits per heavy atom. The van der Waals surface area contributed by atoms with E-state index in [0.29, 0.717) is 5.23 Å². The highest BCUT2D eigenvalue weighted by molar-refractivity contribution is 5.85. The third kappa shape index (κ3) is 4.50. The van der Waals surface area contributed by atoms with E-state index in [0.717, 1.165) is 5.69 Å². The maximum absolute atomic E-state index is 12.7. The highest BCUT2D eigenvalue weighted by Gasteiger charge is 1.97. The van der Waals surface area contributed by atoms with Crippen LogP contribution in [0.2, 0.25) is 0 Å². The molecule has 1 rings (SSSR count). The van der Waals surface area contributed by atoms with Crippen molar-refractivity contribution in [3.8, 4) is 0 Å². The number of benzene rings is 1. The van der Waals surface area contributed by atoms with Crippen molar-refractivity contribution >= 4 is 18.1 Å². The van der Waals surface area contributed by atoms with Gasteiger partial charge in [-0.25, -0.2) is 0 Å². The van der Waals surface area contributed by atoms with Crippen molar-refractivity contribution in [3.05, 3.63) is 43.0 Å². The first-order chi connectivity index (χ1) is 5.83. The normalized spacial score (nSPS) is 9.08. The molecule has 1 N–H and O–H groups in total. The minimum absolute atomic E-state index is 0. The Balaban J connectivity index is 0.00000144. The lowest BCUT2D eigenvalue weighted by atomic mass is 10.3. The number of para-hydroxylation sites is 1. The van der Waals surface area contributed by atoms with Gasteiger partial charge >= 0.3 is 0 Å². The molecule has 0 saturated heterocycles. The molecule has 4 heteroatoms. The van der Waals surface area contributed by atoms with E-state index >= 15 is 0 Å². The highest BCUT2D eigenvalue weighted by atomic mass is 35.5. The molecule has 0 amide bonds. The van der Waals surface area contributed by atoms with Crippen LogP contribution in [0.15, 0.2) is 43.0 Å². The van der Waals surface area contributed by atoms with E-state index < -0.39 is 0 Å². The van der Waals surface area contributed by atoms with Gasteiger partial charge in [-0.2, -0.15) is 0 Å². The van der Waals surface area contributed by atoms with Gasteiger partial charge in [-0.15, -0.1) is 23.5 Å². The molecule has 1 aromatic rings. The quantitative estimate of drug-likeness (QED) is 0.459. The van der Waals surface area contributed by atoms with Crippen molar-refractivity contribution in [1.82, 2.24) is 5.23 Å². The van der Waals surface area contributed by atoms with Crippen molar-refractivity contribution in [1.29, 1.82) is 0 Å². The third-order valence-corrected chi connectivity index (χ3v) is 1.31. The molecule has 1 aromatic carbocycles. The van der Waals surface area contributed by atoms with Crippen LogP contribution < -0.4 is 5.43 Å². The predicted octanol–water partition coefficient (Wildman–Crippen LogP) is 2.81. The van der Waals surface area contributed by atoms with Crippen molar-refractivity contribution in [2.75, 3.05) is 12.0 Å². The largest absolute Gasteiger partial charge is 0.292 e. The van der Waals surface area contributed by atoms with Crippen LogP contribution >= 0.6 is 12.4 Å². The summed E-state index contributed by atoms with van der Waals surface area (Å²) in [6, 6.07) is 9.13. The second kappa shape index (κ2) is 6.46. The number of hydrogen-bond donors (Lipinski definition) is 1. The Labute approximate surface area is 83.4 Å². The molecule has 0 atom stereocenters. The van der Waals surface area contributed by atoms with E-state index in [9.17, 15) is 4.48 Å². The van der Waals surface area contributed by atoms with Crippen molar-refractivity contribution in [2.45, 2.75) is 0 Å². The minimum Gasteiger partial charge on any atom is -0.292 e. The lowest BCUT2D eigenvalue weighted by Gasteiger charge is -2.11. The average molecular weight is 203 g/mol. The van der Waals surface area contributed by atoms with Gasteiger partial charge in [-0.3, -0.25) is 5.43 Å². The van der Waals surface area contributed by atoms with Gasteiger partial charge in [0.2, 0.25) is 0 Å². The lowest BCUT2D eigenvalue weighted by molar-refractivity contribution is 0.0743. The van der Waals surface area contributed by atoms with Gasteiger partial charge in [0.05, 0.1) is 12.2 Å². The van der Waals surface area contributed by atoms with E-state index in [-0.39, 0.29) is 19.0 Å². The van der Waals surface area contributed by atoms with Gasteiger partial charge < -0.3 is 0 Å². The highest BCUT2D eigenvalue weighted by Crippen LogP contribution is 2.06. The van der Waals surface area contributed by atoms with E-state index in [1.165, 1.54) is 6.08 Å². The van der Waals surface area contributed by atoms with Crippen LogP contribution in [0.1, 0.15) is 0 Å². The summed E-state index contributed by atoms with van der Waals surface area (Å²) in [7, 11) is 0. The van der Waals surface area contributed by atoms with Gasteiger partial charge in [0.1, 0.15) is 0 Å². The fraction of sp³-hybridized carbons (Fsp3) is 0.111. The molecule has 0 aromatic heterocycles. The number of nitrogens with zero attached hydrogens (tertiary/aromatic N) is 1. The zero-order chi connectivity index (χ0) is 8.81. The summed E-state index contributed by atoms with van der Waals surface area (Å²) < 4.78 is 12.7. The second-order valence-electron chi connectivity index (χ2n) is 2.31. The minimum atomic E-state index is 0. The van der Waals surface area contributed by atoms with Crippen LogP contribution in [-0.4, -0.2) is 11.8 Å². The summed E-state index contributed by atoms with van der Waals surface area (Å²) in [6.07, 6.45) is 1.48. The molecule has 0 spiro atoms. The molecule has 0 heterocycles. The molecule has 0 aliphatic heterocycles. The topological polar surface area (TPSA) is 15.3 Å². The first-order valence-corrected chi connectivity index (χ1v) is 3.69. The van der Waals surface area contributed by atoms with Gasteiger partial charge in [0.15, 0.2) is 0 Å². The number of rotatable bonds is 4. The van der Waals surface area contributed by atoms with E-state index in [2.05, 4.69) is 12.0 Å². The van der Waals surface area contributed by atoms with Gasteiger partial charge in [-0.05, 0) is 12.1 Å². The standard InChI is InChI=1S/C9H11FN2.ClH/c1-2-8-12(10)11-9-6-4-3-5-7-9;/h2-7,11H,1,8H2;1H. The SMILES string of the molecule is C=CCN(F)Nc1ccccc1.Cl. The summed E-state index contributed by atoms with van der Waals surface area (Å²) in [5.41, 5.74) is 3.26. The number of anilines is 1. The maximum atomic E-state index is 12.7. The number of halogens is 2. The summed E-state index contributed by atoms with van der Waals surface area (Å²) in [6.45, 7) is 3.58. The van der Waals surface area contributed by atoms with Crippen LogP contribution in [0.25, 0.3) is 0 Å². The molecule has 0 unspecified atom stereocenters. The molecule has 72 valence electrons. The molecule has 0 aliphatic rings. The molecule has 0 fully saturated rings. The van der Waals surface area contributed by atoms with Crippen molar-refractivity contribution in [3.63, 3.8) is 0 Å². The fourth-order valence-electron chi connectivity index (χ4n) is 0.812. The summed E-state index contributed by atoms with van der Waals surface area (Å²) >= 11 is 0. The number of hydrazine groups is 1. The number of hydrogen-bond acceptors (Lipinski definition) is 2. The predicted molar refractivity (Wildman–Crippen MR) is 55.3 cm³/mol. The second-order valence-corrected chi connectivity index (χ2v) is 2.31. The maximum Gasteiger partial charge on any atom is 0.0682 e. The Bertz CT molecular complexity index is 241. The van der Waals surface area contributed by atoms with E-state index in [4.69, 9.17) is 0 Å². The smallest absolute Gasteiger partial charge is 0.0682 e. The van der Waals surface area contributed by atoms with Crippen molar-refractivity contribution in [2.24, 2.45) is 0 Å². The number of nitrogens with one attached hydrogen (secondary N) is 1. The van der Waals surface area contributed by atoms with Crippen LogP contribution in [0.3, 0.4) is 0 Å². The zero-order valence-corrected chi connectivity index (χ0v) is 7.93. The van der Waals surface area contributed by atoms with Crippen LogP contribution in [0.4, 0.5) is 10.2 Å². The summed E-state index contributed by atoms with van der Waals surface area (Å²) in [4.78, 5) is 0. The third-order valence-electron chi connectivity index (χ3n) is 1.31. The van der Waals surface area contributed by atoms with Crippen molar-refractivity contribution < 1.29 is 4.48 Å². The molecule has 0 bridgehead atoms. The molecule has 0 radical (unpaired) electrons. The Hall–Kier alpha value is -1.06. The molecular formula is C9H12ClFN2. The molecule has 13 heavy (non-hydrogen) atoms. The molecule has 0 saturated carbocycles. The van der Waals surface area contributed by atoms with Gasteiger partial charge in [0.25, 0.3) is 0 Å². The lowest BCUT2D eigenvalue weighted by Crippen LogP contribution is -2.20. The Morgan fingerprint density at radius 1 is 1.38 bits per heavy atom. The monoisotopic (exact) mass is 202 g/mol. The Kier molecular flexibility index (Phi) is 5.93.